The van der Waals surface area contributed by atoms with Gasteiger partial charge in [0, 0.05) is 12.0 Å². The van der Waals surface area contributed by atoms with Crippen LogP contribution in [0.25, 0.3) is 0 Å². The molecule has 0 saturated carbocycles. The summed E-state index contributed by atoms with van der Waals surface area (Å²) in [5.74, 6) is -0.309. The fraction of sp³-hybridized carbons (Fsp3) is 0.476. The van der Waals surface area contributed by atoms with Crippen LogP contribution in [0, 0.1) is 0 Å². The SMILES string of the molecule is CCCCCCCCc1nnc(NC(=O)c2cccc(CN3C(=O)CSC3=O)c2)s1. The quantitative estimate of drug-likeness (QED) is 0.494. The molecule has 9 heteroatoms. The molecule has 3 rings (SSSR count). The molecular weight excluding hydrogens is 420 g/mol. The van der Waals surface area contributed by atoms with Crippen LogP contribution in [0.2, 0.25) is 0 Å². The van der Waals surface area contributed by atoms with E-state index in [4.69, 9.17) is 0 Å². The molecule has 0 unspecified atom stereocenters. The molecule has 3 amide bonds. The van der Waals surface area contributed by atoms with Crippen LogP contribution in [-0.2, 0) is 17.8 Å². The van der Waals surface area contributed by atoms with Crippen LogP contribution < -0.4 is 5.32 Å². The van der Waals surface area contributed by atoms with E-state index in [0.29, 0.717) is 10.7 Å². The summed E-state index contributed by atoms with van der Waals surface area (Å²) in [6.45, 7) is 2.38. The van der Waals surface area contributed by atoms with Gasteiger partial charge in [-0.15, -0.1) is 10.2 Å². The summed E-state index contributed by atoms with van der Waals surface area (Å²) >= 11 is 2.40. The molecule has 1 N–H and O–H groups in total. The van der Waals surface area contributed by atoms with Gasteiger partial charge in [0.25, 0.3) is 11.1 Å². The zero-order chi connectivity index (χ0) is 21.3. The van der Waals surface area contributed by atoms with Gasteiger partial charge in [-0.2, -0.15) is 0 Å². The van der Waals surface area contributed by atoms with E-state index < -0.39 is 0 Å². The van der Waals surface area contributed by atoms with Gasteiger partial charge < -0.3 is 0 Å². The van der Waals surface area contributed by atoms with Gasteiger partial charge in [0.1, 0.15) is 5.01 Å². The van der Waals surface area contributed by atoms with E-state index in [9.17, 15) is 14.4 Å². The van der Waals surface area contributed by atoms with Gasteiger partial charge in [-0.05, 0) is 24.1 Å². The number of hydrogen-bond acceptors (Lipinski definition) is 7. The summed E-state index contributed by atoms with van der Waals surface area (Å²) in [6, 6.07) is 6.92. The highest BCUT2D eigenvalue weighted by molar-refractivity contribution is 8.14. The number of thioether (sulfide) groups is 1. The Labute approximate surface area is 184 Å². The van der Waals surface area contributed by atoms with Crippen molar-refractivity contribution in [3.8, 4) is 0 Å². The Morgan fingerprint density at radius 1 is 1.13 bits per heavy atom. The highest BCUT2D eigenvalue weighted by Crippen LogP contribution is 2.22. The van der Waals surface area contributed by atoms with Gasteiger partial charge in [-0.25, -0.2) is 0 Å². The summed E-state index contributed by atoms with van der Waals surface area (Å²) < 4.78 is 0. The lowest BCUT2D eigenvalue weighted by atomic mass is 10.1. The van der Waals surface area contributed by atoms with Crippen molar-refractivity contribution in [3.05, 3.63) is 40.4 Å². The topological polar surface area (TPSA) is 92.3 Å². The number of benzene rings is 1. The van der Waals surface area contributed by atoms with Gasteiger partial charge in [-0.3, -0.25) is 24.6 Å². The van der Waals surface area contributed by atoms with Gasteiger partial charge in [0.05, 0.1) is 12.3 Å². The molecule has 7 nitrogen and oxygen atoms in total. The van der Waals surface area contributed by atoms with Gasteiger partial charge >= 0.3 is 0 Å². The first-order valence-electron chi connectivity index (χ1n) is 10.3. The van der Waals surface area contributed by atoms with Crippen molar-refractivity contribution >= 4 is 45.3 Å². The molecule has 30 heavy (non-hydrogen) atoms. The van der Waals surface area contributed by atoms with Gasteiger partial charge in [0.2, 0.25) is 11.0 Å². The Morgan fingerprint density at radius 2 is 1.93 bits per heavy atom. The first-order valence-corrected chi connectivity index (χ1v) is 12.1. The van der Waals surface area contributed by atoms with Crippen molar-refractivity contribution in [2.45, 2.75) is 58.4 Å². The predicted molar refractivity (Wildman–Crippen MR) is 120 cm³/mol. The molecule has 0 bridgehead atoms. The minimum Gasteiger partial charge on any atom is -0.296 e. The maximum absolute atomic E-state index is 12.6. The summed E-state index contributed by atoms with van der Waals surface area (Å²) in [5.41, 5.74) is 1.18. The van der Waals surface area contributed by atoms with Crippen LogP contribution >= 0.6 is 23.1 Å². The Kier molecular flexibility index (Phi) is 8.39. The molecule has 0 atom stereocenters. The molecule has 1 aromatic carbocycles. The minimum atomic E-state index is -0.285. The zero-order valence-corrected chi connectivity index (χ0v) is 18.7. The number of imide groups is 1. The molecule has 1 aromatic heterocycles. The van der Waals surface area contributed by atoms with Crippen molar-refractivity contribution < 1.29 is 14.4 Å². The Morgan fingerprint density at radius 3 is 2.70 bits per heavy atom. The Balaban J connectivity index is 1.51. The molecular formula is C21H26N4O3S2. The van der Waals surface area contributed by atoms with Crippen molar-refractivity contribution in [2.75, 3.05) is 11.1 Å². The average Bonchev–Trinajstić information content (AvgIpc) is 3.32. The van der Waals surface area contributed by atoms with Crippen molar-refractivity contribution in [1.29, 1.82) is 0 Å². The van der Waals surface area contributed by atoms with E-state index in [1.54, 1.807) is 24.3 Å². The number of amides is 3. The van der Waals surface area contributed by atoms with E-state index in [-0.39, 0.29) is 29.4 Å². The van der Waals surface area contributed by atoms with Crippen molar-refractivity contribution in [3.63, 3.8) is 0 Å². The van der Waals surface area contributed by atoms with Crippen LogP contribution in [0.3, 0.4) is 0 Å². The molecule has 2 aromatic rings. The van der Waals surface area contributed by atoms with Crippen LogP contribution in [0.4, 0.5) is 9.93 Å². The number of aromatic nitrogens is 2. The molecule has 0 radical (unpaired) electrons. The molecule has 0 aliphatic carbocycles. The monoisotopic (exact) mass is 446 g/mol. The predicted octanol–water partition coefficient (Wildman–Crippen LogP) is 4.89. The lowest BCUT2D eigenvalue weighted by Crippen LogP contribution is -2.28. The summed E-state index contributed by atoms with van der Waals surface area (Å²) in [5, 5.41) is 12.2. The van der Waals surface area contributed by atoms with E-state index in [1.165, 1.54) is 48.3 Å². The van der Waals surface area contributed by atoms with Crippen molar-refractivity contribution in [2.24, 2.45) is 0 Å². The number of unbranched alkanes of at least 4 members (excludes halogenated alkanes) is 5. The molecule has 1 fully saturated rings. The number of carbonyl (C=O) groups is 3. The van der Waals surface area contributed by atoms with Crippen LogP contribution in [0.5, 0.6) is 0 Å². The summed E-state index contributed by atoms with van der Waals surface area (Å²) in [7, 11) is 0. The molecule has 1 aliphatic rings. The third-order valence-electron chi connectivity index (χ3n) is 4.80. The number of aryl methyl sites for hydroxylation is 1. The maximum Gasteiger partial charge on any atom is 0.289 e. The van der Waals surface area contributed by atoms with E-state index in [1.807, 2.05) is 0 Å². The largest absolute Gasteiger partial charge is 0.296 e. The number of nitrogens with zero attached hydrogens (tertiary/aromatic N) is 3. The highest BCUT2D eigenvalue weighted by atomic mass is 32.2. The maximum atomic E-state index is 12.6. The van der Waals surface area contributed by atoms with E-state index in [2.05, 4.69) is 22.4 Å². The average molecular weight is 447 g/mol. The summed E-state index contributed by atoms with van der Waals surface area (Å²) in [6.07, 6.45) is 8.22. The summed E-state index contributed by atoms with van der Waals surface area (Å²) in [4.78, 5) is 37.3. The molecule has 160 valence electrons. The smallest absolute Gasteiger partial charge is 0.289 e. The number of anilines is 1. The van der Waals surface area contributed by atoms with Gasteiger partial charge in [0.15, 0.2) is 0 Å². The van der Waals surface area contributed by atoms with Crippen molar-refractivity contribution in [1.82, 2.24) is 15.1 Å². The van der Waals surface area contributed by atoms with Crippen LogP contribution in [0.1, 0.15) is 66.4 Å². The number of carbonyl (C=O) groups excluding carboxylic acids is 3. The Hall–Kier alpha value is -2.26. The standard InChI is InChI=1S/C21H26N4O3S2/c1-2-3-4-5-6-7-11-17-23-24-20(30-17)22-19(27)16-10-8-9-15(12-16)13-25-18(26)14-29-21(25)28/h8-10,12H,2-7,11,13-14H2,1H3,(H,22,24,27). The van der Waals surface area contributed by atoms with E-state index >= 15 is 0 Å². The second-order valence-electron chi connectivity index (χ2n) is 7.21. The molecule has 0 spiro atoms. The van der Waals surface area contributed by atoms with Crippen LogP contribution in [0.15, 0.2) is 24.3 Å². The second-order valence-corrected chi connectivity index (χ2v) is 9.20. The zero-order valence-electron chi connectivity index (χ0n) is 17.1. The lowest BCUT2D eigenvalue weighted by Gasteiger charge is -2.13. The van der Waals surface area contributed by atoms with Crippen LogP contribution in [-0.4, -0.2) is 37.9 Å². The number of nitrogens with one attached hydrogen (secondary N) is 1. The molecule has 1 saturated heterocycles. The Bertz CT molecular complexity index is 884. The fourth-order valence-electron chi connectivity index (χ4n) is 3.16. The lowest BCUT2D eigenvalue weighted by molar-refractivity contribution is -0.125. The first kappa shape index (κ1) is 22.4. The molecule has 2 heterocycles. The normalized spacial score (nSPS) is 13.8. The third-order valence-corrected chi connectivity index (χ3v) is 6.56. The third kappa shape index (κ3) is 6.37. The van der Waals surface area contributed by atoms with Gasteiger partial charge in [-0.1, -0.05) is 74.3 Å². The highest BCUT2D eigenvalue weighted by Gasteiger charge is 2.29. The molecule has 1 aliphatic heterocycles. The van der Waals surface area contributed by atoms with E-state index in [0.717, 1.165) is 35.2 Å². The second kappa shape index (κ2) is 11.2. The minimum absolute atomic E-state index is 0.174. The first-order chi connectivity index (χ1) is 14.6. The fourth-order valence-corrected chi connectivity index (χ4v) is 4.66. The number of rotatable bonds is 11. The number of hydrogen-bond donors (Lipinski definition) is 1.